The first-order valence-corrected chi connectivity index (χ1v) is 29.1. The van der Waals surface area contributed by atoms with Gasteiger partial charge in [0.15, 0.2) is 23.8 Å². The summed E-state index contributed by atoms with van der Waals surface area (Å²) in [4.78, 5) is 130. The maximum absolute atomic E-state index is 14.9. The van der Waals surface area contributed by atoms with Crippen LogP contribution in [0.2, 0.25) is 0 Å². The van der Waals surface area contributed by atoms with Crippen molar-refractivity contribution in [1.29, 1.82) is 0 Å². The molecular weight excluding hydrogens is 1140 g/mol. The average molecular weight is 1230 g/mol. The molecule has 0 radical (unpaired) electrons. The highest BCUT2D eigenvalue weighted by Gasteiger charge is 2.35. The average Bonchev–Trinajstić information content (AvgIpc) is 3.66. The molecular formula is C60H87N21O8. The van der Waals surface area contributed by atoms with Crippen molar-refractivity contribution in [2.24, 2.45) is 77.3 Å². The maximum Gasteiger partial charge on any atom is 0.243 e. The molecule has 0 heterocycles. The Hall–Kier alpha value is -10.3. The number of nitrogens with two attached hydrogens (primary N) is 10. The van der Waals surface area contributed by atoms with E-state index in [1.807, 2.05) is 0 Å². The first kappa shape index (κ1) is 71.2. The number of aliphatic imine (C=N–C) groups is 4. The minimum Gasteiger partial charge on any atom is -0.370 e. The van der Waals surface area contributed by atoms with Crippen LogP contribution in [0.5, 0.6) is 0 Å². The lowest BCUT2D eigenvalue weighted by Crippen LogP contribution is -2.61. The number of rotatable bonds is 39. The molecule has 27 N–H and O–H groups in total. The van der Waals surface area contributed by atoms with E-state index in [0.717, 1.165) is 0 Å². The highest BCUT2D eigenvalue weighted by Crippen LogP contribution is 2.13. The number of guanidine groups is 4. The van der Waals surface area contributed by atoms with Crippen molar-refractivity contribution in [3.63, 3.8) is 0 Å². The number of benzene rings is 4. The molecule has 0 bridgehead atoms. The highest BCUT2D eigenvalue weighted by atomic mass is 16.2. The minimum atomic E-state index is -1.43. The van der Waals surface area contributed by atoms with E-state index >= 15 is 0 Å². The highest BCUT2D eigenvalue weighted by molar-refractivity contribution is 5.98. The zero-order valence-corrected chi connectivity index (χ0v) is 49.8. The van der Waals surface area contributed by atoms with E-state index in [2.05, 4.69) is 57.2 Å². The lowest BCUT2D eigenvalue weighted by atomic mass is 10.0. The van der Waals surface area contributed by atoms with Crippen LogP contribution in [0.4, 0.5) is 0 Å². The molecule has 0 aromatic heterocycles. The summed E-state index contributed by atoms with van der Waals surface area (Å²) in [7, 11) is 0. The Morgan fingerprint density at radius 1 is 0.292 bits per heavy atom. The number of amides is 8. The monoisotopic (exact) mass is 1230 g/mol. The van der Waals surface area contributed by atoms with E-state index in [0.29, 0.717) is 28.7 Å². The molecule has 0 spiro atoms. The van der Waals surface area contributed by atoms with Crippen LogP contribution in [-0.4, -0.2) is 146 Å². The van der Waals surface area contributed by atoms with Crippen molar-refractivity contribution in [1.82, 2.24) is 37.2 Å². The molecule has 0 aliphatic carbocycles. The fraction of sp³-hybridized carbons (Fsp3) is 0.400. The van der Waals surface area contributed by atoms with E-state index in [1.165, 1.54) is 0 Å². The Morgan fingerprint density at radius 3 is 0.764 bits per heavy atom. The van der Waals surface area contributed by atoms with Gasteiger partial charge in [-0.2, -0.15) is 0 Å². The lowest BCUT2D eigenvalue weighted by Gasteiger charge is -2.28. The van der Waals surface area contributed by atoms with Crippen LogP contribution in [0.25, 0.3) is 0 Å². The number of nitrogens with one attached hydrogen (secondary N) is 7. The largest absolute Gasteiger partial charge is 0.370 e. The molecule has 0 unspecified atom stereocenters. The molecule has 8 amide bonds. The fourth-order valence-electron chi connectivity index (χ4n) is 9.13. The van der Waals surface area contributed by atoms with Crippen LogP contribution < -0.4 is 94.6 Å². The van der Waals surface area contributed by atoms with E-state index in [4.69, 9.17) is 57.3 Å². The van der Waals surface area contributed by atoms with Gasteiger partial charge in [-0.15, -0.1) is 0 Å². The number of hydrogen-bond donors (Lipinski definition) is 17. The minimum absolute atomic E-state index is 0.00973. The Kier molecular flexibility index (Phi) is 30.9. The molecule has 4 aromatic carbocycles. The van der Waals surface area contributed by atoms with Gasteiger partial charge >= 0.3 is 0 Å². The molecule has 4 aromatic rings. The van der Waals surface area contributed by atoms with Gasteiger partial charge < -0.3 is 94.6 Å². The van der Waals surface area contributed by atoms with Crippen LogP contribution in [0.3, 0.4) is 0 Å². The van der Waals surface area contributed by atoms with Gasteiger partial charge in [0.25, 0.3) is 0 Å². The van der Waals surface area contributed by atoms with Crippen molar-refractivity contribution >= 4 is 71.1 Å². The van der Waals surface area contributed by atoms with E-state index in [9.17, 15) is 38.4 Å². The molecule has 0 saturated carbocycles. The summed E-state index contributed by atoms with van der Waals surface area (Å²) < 4.78 is 0. The van der Waals surface area contributed by atoms with Crippen LogP contribution >= 0.6 is 0 Å². The van der Waals surface area contributed by atoms with E-state index in [1.54, 1.807) is 121 Å². The molecule has 4 rings (SSSR count). The third-order valence-corrected chi connectivity index (χ3v) is 13.7. The van der Waals surface area contributed by atoms with Crippen molar-refractivity contribution in [3.8, 4) is 0 Å². The van der Waals surface area contributed by atoms with Crippen molar-refractivity contribution in [2.45, 2.75) is 125 Å². The molecule has 89 heavy (non-hydrogen) atoms. The molecule has 29 heteroatoms. The van der Waals surface area contributed by atoms with Gasteiger partial charge in [-0.05, 0) is 73.6 Å². The number of hydrogen-bond acceptors (Lipinski definition) is 13. The summed E-state index contributed by atoms with van der Waals surface area (Å²) in [5.41, 5.74) is 59.1. The second kappa shape index (κ2) is 38.7. The molecule has 0 aliphatic heterocycles. The summed E-state index contributed by atoms with van der Waals surface area (Å²) in [6, 6.07) is 24.6. The summed E-state index contributed by atoms with van der Waals surface area (Å²) in [6.45, 7) is 0.358. The molecule has 8 atom stereocenters. The molecule has 480 valence electrons. The molecule has 0 saturated heterocycles. The number of carbonyl (C=O) groups excluding carboxylic acids is 8. The predicted octanol–water partition coefficient (Wildman–Crippen LogP) is -3.62. The molecule has 29 nitrogen and oxygen atoms in total. The molecule has 0 fully saturated rings. The normalized spacial score (nSPS) is 13.4. The van der Waals surface area contributed by atoms with Gasteiger partial charge in [-0.3, -0.25) is 58.3 Å². The first-order valence-electron chi connectivity index (χ1n) is 29.1. The zero-order chi connectivity index (χ0) is 65.1. The maximum atomic E-state index is 14.9. The number of nitrogens with zero attached hydrogens (tertiary/aromatic N) is 4. The van der Waals surface area contributed by atoms with Gasteiger partial charge in [0, 0.05) is 51.9 Å². The van der Waals surface area contributed by atoms with Gasteiger partial charge in [-0.25, -0.2) is 0 Å². The van der Waals surface area contributed by atoms with Crippen molar-refractivity contribution < 1.29 is 38.4 Å². The number of primary amides is 1. The van der Waals surface area contributed by atoms with Gasteiger partial charge in [0.1, 0.15) is 42.3 Å². The van der Waals surface area contributed by atoms with Crippen LogP contribution in [0.1, 0.15) is 73.6 Å². The Bertz CT molecular complexity index is 3010. The quantitative estimate of drug-likeness (QED) is 0.0116. The van der Waals surface area contributed by atoms with Gasteiger partial charge in [-0.1, -0.05) is 121 Å². The Morgan fingerprint density at radius 2 is 0.506 bits per heavy atom. The summed E-state index contributed by atoms with van der Waals surface area (Å²) in [5.74, 6) is -7.09. The third kappa shape index (κ3) is 28.2. The van der Waals surface area contributed by atoms with Crippen LogP contribution in [0.15, 0.2) is 141 Å². The number of carbonyl (C=O) groups is 8. The second-order valence-corrected chi connectivity index (χ2v) is 21.0. The molecule has 0 aliphatic rings. The second-order valence-electron chi connectivity index (χ2n) is 21.0. The van der Waals surface area contributed by atoms with Crippen molar-refractivity contribution in [2.75, 3.05) is 26.2 Å². The van der Waals surface area contributed by atoms with E-state index in [-0.39, 0.29) is 121 Å². The topological polar surface area (TPSA) is 530 Å². The third-order valence-electron chi connectivity index (χ3n) is 13.7. The van der Waals surface area contributed by atoms with E-state index < -0.39 is 95.6 Å². The lowest BCUT2D eigenvalue weighted by molar-refractivity contribution is -0.135. The fourth-order valence-corrected chi connectivity index (χ4v) is 9.13. The Labute approximate surface area is 517 Å². The van der Waals surface area contributed by atoms with Gasteiger partial charge in [0.2, 0.25) is 47.3 Å². The zero-order valence-electron chi connectivity index (χ0n) is 49.8. The van der Waals surface area contributed by atoms with Crippen LogP contribution in [-0.2, 0) is 64.0 Å². The SMILES string of the molecule is NC(=O)[C@H](Cc1ccccc1)NC(=O)[C@H](CCCN=C(N)N)NC(=O)[C@H](Cc1ccccc1)NC(=O)[C@H](CCCN=C(N)N)NC(=O)[C@H](Cc1ccccc1)NC(=O)[C@H](CCCN=C(N)N)NC(=O)[C@H](Cc1ccccc1)NC(=O)[C@@H](N)CCCN=C(N)N. The standard InChI is InChI=1S/C60H87N21O8/c61-41(25-13-29-71-57(63)64)50(83)79-46(34-38-19-7-2-8-20-38)54(87)76-43(27-15-31-73-59(67)68)52(85)81-48(36-40-23-11-4-12-24-40)56(89)77-44(28-16-32-74-60(69)70)53(86)80-47(35-39-21-9-3-10-22-39)55(88)75-42(26-14-30-72-58(65)66)51(84)78-45(49(62)82)33-37-17-5-1-6-18-37/h1-12,17-24,41-48H,13-16,25-36,61H2,(H2,62,82)(H,75,88)(H,76,87)(H,77,89)(H,78,84)(H,79,83)(H,80,86)(H,81,85)(H4,63,64,71)(H4,65,66,72)(H4,67,68,73)(H4,69,70,74)/t41-,42-,43-,44-,45-,46-,47-,48-/m0/s1. The van der Waals surface area contributed by atoms with Crippen LogP contribution in [0, 0.1) is 0 Å². The Balaban J connectivity index is 1.70. The summed E-state index contributed by atoms with van der Waals surface area (Å²) in [6.07, 6.45) is 0.595. The van der Waals surface area contributed by atoms with Crippen molar-refractivity contribution in [3.05, 3.63) is 144 Å². The predicted molar refractivity (Wildman–Crippen MR) is 341 cm³/mol. The summed E-state index contributed by atoms with van der Waals surface area (Å²) >= 11 is 0. The summed E-state index contributed by atoms with van der Waals surface area (Å²) in [5, 5.41) is 19.3. The first-order chi connectivity index (χ1) is 42.6. The van der Waals surface area contributed by atoms with Gasteiger partial charge in [0.05, 0.1) is 6.04 Å². The smallest absolute Gasteiger partial charge is 0.243 e.